The first kappa shape index (κ1) is 15.6. The third kappa shape index (κ3) is 3.43. The maximum Gasteiger partial charge on any atom is 0.0599 e. The van der Waals surface area contributed by atoms with Crippen molar-refractivity contribution in [3.63, 3.8) is 0 Å². The van der Waals surface area contributed by atoms with E-state index in [1.165, 1.54) is 11.1 Å². The van der Waals surface area contributed by atoms with E-state index >= 15 is 0 Å². The Labute approximate surface area is 134 Å². The lowest BCUT2D eigenvalue weighted by atomic mass is 9.95. The molecular weight excluding hydrogens is 334 g/mol. The molecule has 1 N–H and O–H groups in total. The lowest BCUT2D eigenvalue weighted by Crippen LogP contribution is -2.24. The zero-order valence-corrected chi connectivity index (χ0v) is 14.1. The van der Waals surface area contributed by atoms with Gasteiger partial charge in [-0.15, -0.1) is 0 Å². The van der Waals surface area contributed by atoms with Crippen LogP contribution in [0.2, 0.25) is 5.02 Å². The third-order valence-corrected chi connectivity index (χ3v) is 4.70. The molecule has 2 aromatic carbocycles. The minimum atomic E-state index is 0.126. The van der Waals surface area contributed by atoms with Crippen LogP contribution in [0.3, 0.4) is 0 Å². The molecule has 1 unspecified atom stereocenters. The quantitative estimate of drug-likeness (QED) is 0.749. The summed E-state index contributed by atoms with van der Waals surface area (Å²) < 4.78 is 0.938. The minimum Gasteiger partial charge on any atom is -0.306 e. The molecule has 20 heavy (non-hydrogen) atoms. The summed E-state index contributed by atoms with van der Waals surface area (Å²) in [5, 5.41) is 4.39. The number of hydrogen-bond acceptors (Lipinski definition) is 1. The average Bonchev–Trinajstić information content (AvgIpc) is 2.45. The standard InChI is InChI=1S/C17H19BrClN/c1-3-11-20-17(13-8-5-4-7-12(13)2)14-9-6-10-15(18)16(14)19/h4-10,17,20H,3,11H2,1-2H3. The molecule has 0 amide bonds. The van der Waals surface area contributed by atoms with Crippen molar-refractivity contribution >= 4 is 27.5 Å². The summed E-state index contributed by atoms with van der Waals surface area (Å²) >= 11 is 10.00. The molecule has 0 aliphatic rings. The van der Waals surface area contributed by atoms with Gasteiger partial charge in [-0.3, -0.25) is 0 Å². The molecule has 1 atom stereocenters. The Morgan fingerprint density at radius 1 is 1.10 bits per heavy atom. The van der Waals surface area contributed by atoms with E-state index in [1.54, 1.807) is 0 Å². The molecule has 0 radical (unpaired) electrons. The second-order valence-electron chi connectivity index (χ2n) is 4.89. The molecule has 0 saturated heterocycles. The molecule has 0 spiro atoms. The van der Waals surface area contributed by atoms with Crippen LogP contribution in [0.15, 0.2) is 46.9 Å². The summed E-state index contributed by atoms with van der Waals surface area (Å²) in [6, 6.07) is 14.7. The molecule has 2 rings (SSSR count). The number of nitrogens with one attached hydrogen (secondary N) is 1. The van der Waals surface area contributed by atoms with Gasteiger partial charge in [0, 0.05) is 4.47 Å². The topological polar surface area (TPSA) is 12.0 Å². The van der Waals surface area contributed by atoms with Gasteiger partial charge in [-0.1, -0.05) is 54.9 Å². The molecule has 0 fully saturated rings. The lowest BCUT2D eigenvalue weighted by molar-refractivity contribution is 0.596. The molecule has 0 aliphatic carbocycles. The Bertz CT molecular complexity index is 583. The van der Waals surface area contributed by atoms with Crippen LogP contribution in [0.1, 0.15) is 36.1 Å². The first-order valence-electron chi connectivity index (χ1n) is 6.88. The van der Waals surface area contributed by atoms with E-state index in [-0.39, 0.29) is 6.04 Å². The van der Waals surface area contributed by atoms with Gasteiger partial charge in [0.15, 0.2) is 0 Å². The first-order chi connectivity index (χ1) is 9.65. The lowest BCUT2D eigenvalue weighted by Gasteiger charge is -2.23. The molecule has 0 aromatic heterocycles. The van der Waals surface area contributed by atoms with Gasteiger partial charge in [-0.2, -0.15) is 0 Å². The fraction of sp³-hybridized carbons (Fsp3) is 0.294. The molecule has 2 aromatic rings. The smallest absolute Gasteiger partial charge is 0.0599 e. The van der Waals surface area contributed by atoms with Crippen LogP contribution in [0, 0.1) is 6.92 Å². The normalized spacial score (nSPS) is 12.4. The van der Waals surface area contributed by atoms with Gasteiger partial charge in [0.25, 0.3) is 0 Å². The van der Waals surface area contributed by atoms with Crippen molar-refractivity contribution in [3.05, 3.63) is 68.7 Å². The van der Waals surface area contributed by atoms with Crippen LogP contribution in [0.4, 0.5) is 0 Å². The first-order valence-corrected chi connectivity index (χ1v) is 8.05. The van der Waals surface area contributed by atoms with Crippen molar-refractivity contribution in [2.45, 2.75) is 26.3 Å². The maximum absolute atomic E-state index is 6.48. The van der Waals surface area contributed by atoms with Crippen LogP contribution in [-0.4, -0.2) is 6.54 Å². The highest BCUT2D eigenvalue weighted by molar-refractivity contribution is 9.10. The molecule has 0 saturated carbocycles. The van der Waals surface area contributed by atoms with Crippen molar-refractivity contribution < 1.29 is 0 Å². The molecule has 1 nitrogen and oxygen atoms in total. The van der Waals surface area contributed by atoms with Crippen LogP contribution < -0.4 is 5.32 Å². The SMILES string of the molecule is CCCNC(c1ccccc1C)c1cccc(Br)c1Cl. The van der Waals surface area contributed by atoms with E-state index in [0.29, 0.717) is 0 Å². The zero-order valence-electron chi connectivity index (χ0n) is 11.8. The summed E-state index contributed by atoms with van der Waals surface area (Å²) in [5.74, 6) is 0. The van der Waals surface area contributed by atoms with E-state index in [9.17, 15) is 0 Å². The summed E-state index contributed by atoms with van der Waals surface area (Å²) in [5.41, 5.74) is 3.67. The Morgan fingerprint density at radius 3 is 2.50 bits per heavy atom. The van der Waals surface area contributed by atoms with Crippen molar-refractivity contribution in [3.8, 4) is 0 Å². The van der Waals surface area contributed by atoms with E-state index in [4.69, 9.17) is 11.6 Å². The van der Waals surface area contributed by atoms with Gasteiger partial charge in [-0.05, 0) is 58.6 Å². The van der Waals surface area contributed by atoms with Crippen molar-refractivity contribution in [1.29, 1.82) is 0 Å². The predicted octanol–water partition coefficient (Wildman–Crippen LogP) is 5.50. The molecule has 0 aliphatic heterocycles. The fourth-order valence-electron chi connectivity index (χ4n) is 2.33. The van der Waals surface area contributed by atoms with Crippen LogP contribution in [0.25, 0.3) is 0 Å². The molecular formula is C17H19BrClN. The van der Waals surface area contributed by atoms with Gasteiger partial charge in [0.05, 0.1) is 11.1 Å². The number of rotatable bonds is 5. The zero-order chi connectivity index (χ0) is 14.5. The summed E-state index contributed by atoms with van der Waals surface area (Å²) in [6.07, 6.45) is 1.09. The summed E-state index contributed by atoms with van der Waals surface area (Å²) in [7, 11) is 0. The third-order valence-electron chi connectivity index (χ3n) is 3.39. The highest BCUT2D eigenvalue weighted by atomic mass is 79.9. The Balaban J connectivity index is 2.47. The summed E-state index contributed by atoms with van der Waals surface area (Å²) in [4.78, 5) is 0. The molecule has 3 heteroatoms. The van der Waals surface area contributed by atoms with Crippen LogP contribution >= 0.6 is 27.5 Å². The number of hydrogen-bond donors (Lipinski definition) is 1. The Kier molecular flexibility index (Phi) is 5.64. The molecule has 106 valence electrons. The van der Waals surface area contributed by atoms with Crippen molar-refractivity contribution in [2.24, 2.45) is 0 Å². The van der Waals surface area contributed by atoms with Crippen molar-refractivity contribution in [2.75, 3.05) is 6.54 Å². The second kappa shape index (κ2) is 7.26. The maximum atomic E-state index is 6.48. The second-order valence-corrected chi connectivity index (χ2v) is 6.12. The number of aryl methyl sites for hydroxylation is 1. The van der Waals surface area contributed by atoms with Crippen molar-refractivity contribution in [1.82, 2.24) is 5.32 Å². The Morgan fingerprint density at radius 2 is 1.80 bits per heavy atom. The highest BCUT2D eigenvalue weighted by Gasteiger charge is 2.18. The van der Waals surface area contributed by atoms with Gasteiger partial charge in [0.1, 0.15) is 0 Å². The highest BCUT2D eigenvalue weighted by Crippen LogP contribution is 2.34. The minimum absolute atomic E-state index is 0.126. The number of benzene rings is 2. The Hall–Kier alpha value is -0.830. The average molecular weight is 353 g/mol. The van der Waals surface area contributed by atoms with Crippen LogP contribution in [0.5, 0.6) is 0 Å². The largest absolute Gasteiger partial charge is 0.306 e. The number of halogens is 2. The molecule has 0 heterocycles. The summed E-state index contributed by atoms with van der Waals surface area (Å²) in [6.45, 7) is 5.27. The van der Waals surface area contributed by atoms with E-state index < -0.39 is 0 Å². The van der Waals surface area contributed by atoms with Crippen LogP contribution in [-0.2, 0) is 0 Å². The van der Waals surface area contributed by atoms with Gasteiger partial charge in [0.2, 0.25) is 0 Å². The monoisotopic (exact) mass is 351 g/mol. The van der Waals surface area contributed by atoms with E-state index in [1.807, 2.05) is 12.1 Å². The molecule has 0 bridgehead atoms. The van der Waals surface area contributed by atoms with Gasteiger partial charge in [-0.25, -0.2) is 0 Å². The van der Waals surface area contributed by atoms with Gasteiger partial charge < -0.3 is 5.32 Å². The van der Waals surface area contributed by atoms with Gasteiger partial charge >= 0.3 is 0 Å². The predicted molar refractivity (Wildman–Crippen MR) is 90.5 cm³/mol. The van der Waals surface area contributed by atoms with E-state index in [0.717, 1.165) is 28.0 Å². The van der Waals surface area contributed by atoms with E-state index in [2.05, 4.69) is 65.4 Å². The fourth-order valence-corrected chi connectivity index (χ4v) is 2.95.